The predicted molar refractivity (Wildman–Crippen MR) is 203 cm³/mol. The zero-order chi connectivity index (χ0) is 31.6. The predicted octanol–water partition coefficient (Wildman–Crippen LogP) is 12.4. The molecule has 2 aromatic heterocycles. The molecule has 0 saturated carbocycles. The van der Waals surface area contributed by atoms with E-state index in [0.29, 0.717) is 0 Å². The van der Waals surface area contributed by atoms with Crippen LogP contribution in [0.5, 0.6) is 0 Å². The molecule has 8 aromatic carbocycles. The molecule has 10 aromatic rings. The summed E-state index contributed by atoms with van der Waals surface area (Å²) < 4.78 is 4.83. The summed E-state index contributed by atoms with van der Waals surface area (Å²) in [6, 6.07) is 66.2. The van der Waals surface area contributed by atoms with E-state index in [9.17, 15) is 0 Å². The third-order valence-electron chi connectivity index (χ3n) is 9.90. The number of fused-ring (bicyclic) bond motifs is 7. The molecule has 0 unspecified atom stereocenters. The molecule has 0 aliphatic heterocycles. The van der Waals surface area contributed by atoms with Crippen LogP contribution in [0, 0.1) is 0 Å². The highest BCUT2D eigenvalue weighted by Crippen LogP contribution is 2.40. The van der Waals surface area contributed by atoms with Crippen LogP contribution in [-0.4, -0.2) is 9.13 Å². The standard InChI is InChI=1S/C46H30N2/c1-3-12-31(13-4-1)35-22-25-39-41-29-34(24-27-45(41)48(46(39)30-35)42-21-11-15-32-14-7-8-18-37(32)42)33-23-26-44-40(28-33)38-19-9-10-20-43(38)47(44)36-16-5-2-6-17-36/h1-30H. The summed E-state index contributed by atoms with van der Waals surface area (Å²) in [6.45, 7) is 0. The molecule has 224 valence electrons. The fourth-order valence-electron chi connectivity index (χ4n) is 7.68. The van der Waals surface area contributed by atoms with Gasteiger partial charge in [0.15, 0.2) is 0 Å². The normalized spacial score (nSPS) is 11.8. The topological polar surface area (TPSA) is 9.86 Å². The second kappa shape index (κ2) is 10.6. The zero-order valence-corrected chi connectivity index (χ0v) is 26.2. The van der Waals surface area contributed by atoms with E-state index in [1.54, 1.807) is 0 Å². The average Bonchev–Trinajstić information content (AvgIpc) is 3.67. The van der Waals surface area contributed by atoms with Crippen molar-refractivity contribution in [3.63, 3.8) is 0 Å². The molecule has 0 fully saturated rings. The minimum absolute atomic E-state index is 1.17. The van der Waals surface area contributed by atoms with Crippen molar-refractivity contribution in [2.24, 2.45) is 0 Å². The van der Waals surface area contributed by atoms with Gasteiger partial charge in [-0.05, 0) is 82.2 Å². The van der Waals surface area contributed by atoms with E-state index in [1.165, 1.54) is 88.0 Å². The van der Waals surface area contributed by atoms with Crippen molar-refractivity contribution >= 4 is 54.4 Å². The molecule has 0 spiro atoms. The molecule has 2 heterocycles. The molecule has 0 radical (unpaired) electrons. The summed E-state index contributed by atoms with van der Waals surface area (Å²) in [4.78, 5) is 0. The molecule has 10 rings (SSSR count). The average molecular weight is 611 g/mol. The molecule has 0 aliphatic carbocycles. The van der Waals surface area contributed by atoms with Gasteiger partial charge >= 0.3 is 0 Å². The molecule has 0 saturated heterocycles. The van der Waals surface area contributed by atoms with Crippen LogP contribution in [0.4, 0.5) is 0 Å². The first-order valence-electron chi connectivity index (χ1n) is 16.5. The van der Waals surface area contributed by atoms with Crippen LogP contribution in [0.1, 0.15) is 0 Å². The fraction of sp³-hybridized carbons (Fsp3) is 0. The summed E-state index contributed by atoms with van der Waals surface area (Å²) in [7, 11) is 0. The van der Waals surface area contributed by atoms with E-state index in [0.717, 1.165) is 0 Å². The number of para-hydroxylation sites is 2. The zero-order valence-electron chi connectivity index (χ0n) is 26.2. The Bertz CT molecular complexity index is 2810. The molecular weight excluding hydrogens is 581 g/mol. The van der Waals surface area contributed by atoms with Gasteiger partial charge in [0.25, 0.3) is 0 Å². The lowest BCUT2D eigenvalue weighted by Gasteiger charge is -2.12. The maximum Gasteiger partial charge on any atom is 0.0547 e. The Morgan fingerprint density at radius 2 is 0.812 bits per heavy atom. The Morgan fingerprint density at radius 3 is 1.58 bits per heavy atom. The summed E-state index contributed by atoms with van der Waals surface area (Å²) in [5, 5.41) is 7.51. The number of benzene rings is 8. The van der Waals surface area contributed by atoms with Gasteiger partial charge in [-0.25, -0.2) is 0 Å². The summed E-state index contributed by atoms with van der Waals surface area (Å²) >= 11 is 0. The fourth-order valence-corrected chi connectivity index (χ4v) is 7.68. The van der Waals surface area contributed by atoms with E-state index in [4.69, 9.17) is 0 Å². The summed E-state index contributed by atoms with van der Waals surface area (Å²) in [5.41, 5.74) is 12.1. The highest BCUT2D eigenvalue weighted by atomic mass is 15.0. The molecule has 0 aliphatic rings. The number of nitrogens with zero attached hydrogens (tertiary/aromatic N) is 2. The molecular formula is C46H30N2. The van der Waals surface area contributed by atoms with Gasteiger partial charge in [-0.2, -0.15) is 0 Å². The SMILES string of the molecule is c1ccc(-c2ccc3c4cc(-c5ccc6c(c5)c5ccccc5n6-c5ccccc5)ccc4n(-c4cccc5ccccc45)c3c2)cc1. The second-order valence-electron chi connectivity index (χ2n) is 12.6. The van der Waals surface area contributed by atoms with Crippen molar-refractivity contribution in [2.75, 3.05) is 0 Å². The van der Waals surface area contributed by atoms with E-state index >= 15 is 0 Å². The van der Waals surface area contributed by atoms with Crippen molar-refractivity contribution in [3.05, 3.63) is 182 Å². The van der Waals surface area contributed by atoms with Gasteiger partial charge in [0.2, 0.25) is 0 Å². The Morgan fingerprint density at radius 1 is 0.271 bits per heavy atom. The number of rotatable bonds is 4. The highest BCUT2D eigenvalue weighted by molar-refractivity contribution is 6.14. The quantitative estimate of drug-likeness (QED) is 0.188. The molecule has 0 atom stereocenters. The van der Waals surface area contributed by atoms with Gasteiger partial charge < -0.3 is 9.13 Å². The van der Waals surface area contributed by atoms with Gasteiger partial charge in [-0.15, -0.1) is 0 Å². The summed E-state index contributed by atoms with van der Waals surface area (Å²) in [6.07, 6.45) is 0. The van der Waals surface area contributed by atoms with Crippen LogP contribution in [0.25, 0.3) is 88.0 Å². The smallest absolute Gasteiger partial charge is 0.0547 e. The molecule has 2 heteroatoms. The van der Waals surface area contributed by atoms with Gasteiger partial charge in [-0.3, -0.25) is 0 Å². The minimum atomic E-state index is 1.17. The Kier molecular flexibility index (Phi) is 5.91. The largest absolute Gasteiger partial charge is 0.309 e. The van der Waals surface area contributed by atoms with Crippen molar-refractivity contribution in [3.8, 4) is 33.6 Å². The minimum Gasteiger partial charge on any atom is -0.309 e. The van der Waals surface area contributed by atoms with E-state index in [2.05, 4.69) is 191 Å². The maximum absolute atomic E-state index is 2.46. The maximum atomic E-state index is 2.46. The van der Waals surface area contributed by atoms with Crippen molar-refractivity contribution in [1.29, 1.82) is 0 Å². The number of hydrogen-bond acceptors (Lipinski definition) is 0. The number of aromatic nitrogens is 2. The van der Waals surface area contributed by atoms with Crippen LogP contribution < -0.4 is 0 Å². The Balaban J connectivity index is 1.22. The van der Waals surface area contributed by atoms with E-state index in [1.807, 2.05) is 0 Å². The Hall–Kier alpha value is -6.38. The first kappa shape index (κ1) is 26.8. The Labute approximate surface area is 278 Å². The highest BCUT2D eigenvalue weighted by Gasteiger charge is 2.17. The first-order valence-corrected chi connectivity index (χ1v) is 16.5. The lowest BCUT2D eigenvalue weighted by molar-refractivity contribution is 1.18. The number of hydrogen-bond donors (Lipinski definition) is 0. The third-order valence-corrected chi connectivity index (χ3v) is 9.90. The van der Waals surface area contributed by atoms with Gasteiger partial charge in [0, 0.05) is 32.6 Å². The van der Waals surface area contributed by atoms with Crippen LogP contribution in [0.2, 0.25) is 0 Å². The van der Waals surface area contributed by atoms with Crippen LogP contribution in [0.3, 0.4) is 0 Å². The van der Waals surface area contributed by atoms with Gasteiger partial charge in [-0.1, -0.05) is 127 Å². The van der Waals surface area contributed by atoms with Crippen LogP contribution in [-0.2, 0) is 0 Å². The van der Waals surface area contributed by atoms with Crippen molar-refractivity contribution in [2.45, 2.75) is 0 Å². The molecule has 48 heavy (non-hydrogen) atoms. The first-order chi connectivity index (χ1) is 23.8. The van der Waals surface area contributed by atoms with Crippen LogP contribution >= 0.6 is 0 Å². The molecule has 2 nitrogen and oxygen atoms in total. The molecule has 0 bridgehead atoms. The monoisotopic (exact) mass is 610 g/mol. The van der Waals surface area contributed by atoms with Crippen molar-refractivity contribution in [1.82, 2.24) is 9.13 Å². The summed E-state index contributed by atoms with van der Waals surface area (Å²) in [5.74, 6) is 0. The third kappa shape index (κ3) is 4.06. The van der Waals surface area contributed by atoms with E-state index < -0.39 is 0 Å². The molecule has 0 N–H and O–H groups in total. The van der Waals surface area contributed by atoms with Crippen molar-refractivity contribution < 1.29 is 0 Å². The lowest BCUT2D eigenvalue weighted by Crippen LogP contribution is -1.95. The van der Waals surface area contributed by atoms with Gasteiger partial charge in [0.05, 0.1) is 27.8 Å². The van der Waals surface area contributed by atoms with Crippen LogP contribution in [0.15, 0.2) is 182 Å². The van der Waals surface area contributed by atoms with E-state index in [-0.39, 0.29) is 0 Å². The lowest BCUT2D eigenvalue weighted by atomic mass is 9.99. The van der Waals surface area contributed by atoms with Gasteiger partial charge in [0.1, 0.15) is 0 Å². The molecule has 0 amide bonds. The second-order valence-corrected chi connectivity index (χ2v) is 12.6.